The van der Waals surface area contributed by atoms with E-state index >= 15 is 0 Å². The van der Waals surface area contributed by atoms with E-state index in [9.17, 15) is 48.3 Å². The zero-order chi connectivity index (χ0) is 35.2. The largest absolute Gasteiger partial charge is 0.508 e. The second kappa shape index (κ2) is 18.4. The summed E-state index contributed by atoms with van der Waals surface area (Å²) in [5, 5.41) is 36.8. The van der Waals surface area contributed by atoms with E-state index in [1.54, 1.807) is 0 Å². The molecule has 1 aromatic rings. The number of hydrogen-bond acceptors (Lipinski definition) is 11. The number of phosphoric acid groups is 1. The van der Waals surface area contributed by atoms with Crippen LogP contribution in [0.25, 0.3) is 0 Å². The zero-order valence-corrected chi connectivity index (χ0v) is 25.3. The lowest BCUT2D eigenvalue weighted by Crippen LogP contribution is -2.59. The van der Waals surface area contributed by atoms with Gasteiger partial charge in [-0.15, -0.1) is 0 Å². The van der Waals surface area contributed by atoms with Gasteiger partial charge in [-0.3, -0.25) is 33.3 Å². The fourth-order valence-electron chi connectivity index (χ4n) is 3.63. The summed E-state index contributed by atoms with van der Waals surface area (Å²) in [6.07, 6.45) is -2.47. The lowest BCUT2D eigenvalue weighted by molar-refractivity contribution is -0.143. The van der Waals surface area contributed by atoms with Gasteiger partial charge in [0.25, 0.3) is 0 Å². The molecule has 13 N–H and O–H groups in total. The van der Waals surface area contributed by atoms with Gasteiger partial charge in [0.05, 0.1) is 12.6 Å². The van der Waals surface area contributed by atoms with Crippen molar-refractivity contribution in [2.45, 2.75) is 69.2 Å². The van der Waals surface area contributed by atoms with Crippen molar-refractivity contribution in [1.29, 1.82) is 0 Å². The van der Waals surface area contributed by atoms with Crippen LogP contribution in [-0.4, -0.2) is 103 Å². The van der Waals surface area contributed by atoms with Crippen LogP contribution in [0.3, 0.4) is 0 Å². The maximum atomic E-state index is 13.3. The fraction of sp³-hybridized carbons (Fsp3) is 0.480. The molecular weight excluding hydrogens is 639 g/mol. The molecule has 20 nitrogen and oxygen atoms in total. The van der Waals surface area contributed by atoms with Gasteiger partial charge in [0, 0.05) is 19.3 Å². The number of hydrogen-bond donors (Lipinski definition) is 11. The van der Waals surface area contributed by atoms with Gasteiger partial charge in [0.1, 0.15) is 29.9 Å². The summed E-state index contributed by atoms with van der Waals surface area (Å²) in [7, 11) is -5.14. The molecule has 1 rings (SSSR count). The number of phenolic OH excluding ortho intramolecular Hbond substituents is 1. The molecular formula is C25H37N6O14P. The van der Waals surface area contributed by atoms with Crippen LogP contribution < -0.4 is 32.7 Å². The number of phenols is 1. The number of benzene rings is 1. The second-order valence-corrected chi connectivity index (χ2v) is 11.2. The van der Waals surface area contributed by atoms with Crippen LogP contribution in [0.5, 0.6) is 5.75 Å². The maximum Gasteiger partial charge on any atom is 0.469 e. The Balaban J connectivity index is 3.24. The van der Waals surface area contributed by atoms with E-state index in [0.29, 0.717) is 5.56 Å². The molecule has 0 spiro atoms. The minimum Gasteiger partial charge on any atom is -0.508 e. The monoisotopic (exact) mass is 676 g/mol. The summed E-state index contributed by atoms with van der Waals surface area (Å²) >= 11 is 0. The van der Waals surface area contributed by atoms with E-state index in [1.165, 1.54) is 31.2 Å². The minimum absolute atomic E-state index is 0.0916. The Kier molecular flexibility index (Phi) is 15.7. The molecule has 0 heterocycles. The third kappa shape index (κ3) is 15.4. The summed E-state index contributed by atoms with van der Waals surface area (Å²) in [6, 6.07) is -2.55. The third-order valence-electron chi connectivity index (χ3n) is 6.04. The average molecular weight is 677 g/mol. The Morgan fingerprint density at radius 2 is 1.24 bits per heavy atom. The molecule has 0 aliphatic carbocycles. The molecule has 5 amide bonds. The first-order valence-corrected chi connectivity index (χ1v) is 15.0. The molecule has 21 heteroatoms. The molecule has 0 saturated heterocycles. The van der Waals surface area contributed by atoms with Crippen LogP contribution in [0.15, 0.2) is 24.3 Å². The van der Waals surface area contributed by atoms with Crippen LogP contribution in [0.2, 0.25) is 0 Å². The molecule has 5 atom stereocenters. The minimum atomic E-state index is -5.14. The zero-order valence-electron chi connectivity index (χ0n) is 24.5. The van der Waals surface area contributed by atoms with Crippen LogP contribution in [-0.2, 0) is 49.1 Å². The first-order valence-electron chi connectivity index (χ1n) is 13.5. The lowest BCUT2D eigenvalue weighted by atomic mass is 10.0. The standard InChI is InChI=1S/C25H37N6O14P/c1-12(26)21(36)31-18(11-45-46(42,43)44)24(39)29-15(6-8-19(27)33)22(37)28-16(7-9-20(34)35)23(38)30-17(25(40)41)10-13-2-4-14(32)5-3-13/h2-5,12,15-18,32H,6-11,26H2,1H3,(H2,27,33)(H,28,37)(H,29,39)(H,30,38)(H,31,36)(H,34,35)(H,40,41)(H2,42,43,44)/t12-,15-,16-,17-,18-/m0/s1. The number of primary amides is 1. The molecule has 0 unspecified atom stereocenters. The summed E-state index contributed by atoms with van der Waals surface area (Å²) in [5.41, 5.74) is 11.0. The molecule has 256 valence electrons. The highest BCUT2D eigenvalue weighted by Crippen LogP contribution is 2.35. The Labute approximate surface area is 261 Å². The first-order chi connectivity index (χ1) is 21.3. The highest BCUT2D eigenvalue weighted by Gasteiger charge is 2.33. The third-order valence-corrected chi connectivity index (χ3v) is 6.52. The Morgan fingerprint density at radius 3 is 1.67 bits per heavy atom. The van der Waals surface area contributed by atoms with Crippen molar-refractivity contribution in [2.24, 2.45) is 11.5 Å². The van der Waals surface area contributed by atoms with Crippen LogP contribution in [0, 0.1) is 0 Å². The molecule has 46 heavy (non-hydrogen) atoms. The summed E-state index contributed by atoms with van der Waals surface area (Å²) < 4.78 is 15.5. The normalized spacial score (nSPS) is 14.4. The van der Waals surface area contributed by atoms with Gasteiger partial charge in [-0.25, -0.2) is 9.36 Å². The van der Waals surface area contributed by atoms with E-state index < -0.39 is 112 Å². The maximum absolute atomic E-state index is 13.3. The smallest absolute Gasteiger partial charge is 0.469 e. The van der Waals surface area contributed by atoms with E-state index in [4.69, 9.17) is 26.4 Å². The van der Waals surface area contributed by atoms with Gasteiger partial charge in [-0.05, 0) is 37.5 Å². The number of nitrogens with two attached hydrogens (primary N) is 2. The number of aliphatic carboxylic acids is 2. The highest BCUT2D eigenvalue weighted by atomic mass is 31.2. The first kappa shape index (κ1) is 39.4. The summed E-state index contributed by atoms with van der Waals surface area (Å²) in [4.78, 5) is 104. The topological polar surface area (TPSA) is 347 Å². The van der Waals surface area contributed by atoms with Gasteiger partial charge in [-0.2, -0.15) is 0 Å². The summed E-state index contributed by atoms with van der Waals surface area (Å²) in [5.74, 6) is -8.33. The van der Waals surface area contributed by atoms with Crippen LogP contribution >= 0.6 is 7.82 Å². The van der Waals surface area contributed by atoms with Crippen molar-refractivity contribution in [1.82, 2.24) is 21.3 Å². The highest BCUT2D eigenvalue weighted by molar-refractivity contribution is 7.46. The number of carboxylic acids is 2. The van der Waals surface area contributed by atoms with Crippen molar-refractivity contribution < 1.29 is 67.8 Å². The molecule has 0 aliphatic rings. The number of nitrogens with one attached hydrogen (secondary N) is 4. The molecule has 0 fully saturated rings. The Bertz CT molecular complexity index is 1320. The number of amides is 5. The van der Waals surface area contributed by atoms with E-state index in [2.05, 4.69) is 25.8 Å². The van der Waals surface area contributed by atoms with Gasteiger partial charge < -0.3 is 57.8 Å². The van der Waals surface area contributed by atoms with Crippen LogP contribution in [0.1, 0.15) is 38.2 Å². The van der Waals surface area contributed by atoms with Crippen molar-refractivity contribution in [3.63, 3.8) is 0 Å². The lowest BCUT2D eigenvalue weighted by Gasteiger charge is -2.26. The number of carbonyl (C=O) groups excluding carboxylic acids is 5. The average Bonchev–Trinajstić information content (AvgIpc) is 2.94. The van der Waals surface area contributed by atoms with Gasteiger partial charge >= 0.3 is 19.8 Å². The van der Waals surface area contributed by atoms with Crippen molar-refractivity contribution in [2.75, 3.05) is 6.61 Å². The predicted octanol–water partition coefficient (Wildman–Crippen LogP) is -3.45. The predicted molar refractivity (Wildman–Crippen MR) is 154 cm³/mol. The molecule has 1 aromatic carbocycles. The van der Waals surface area contributed by atoms with E-state index in [0.717, 1.165) is 0 Å². The molecule has 0 aromatic heterocycles. The molecule has 0 aliphatic heterocycles. The fourth-order valence-corrected chi connectivity index (χ4v) is 3.98. The number of phosphoric ester groups is 1. The van der Waals surface area contributed by atoms with Gasteiger partial charge in [-0.1, -0.05) is 12.1 Å². The quantitative estimate of drug-likeness (QED) is 0.0598. The van der Waals surface area contributed by atoms with Gasteiger partial charge in [0.15, 0.2) is 0 Å². The van der Waals surface area contributed by atoms with Crippen molar-refractivity contribution >= 4 is 49.3 Å². The molecule has 0 saturated carbocycles. The molecule has 0 bridgehead atoms. The second-order valence-electron chi connectivity index (χ2n) is 9.97. The Morgan fingerprint density at radius 1 is 0.783 bits per heavy atom. The number of carboxylic acid groups (broad SMARTS) is 2. The Hall–Kier alpha value is -4.62. The van der Waals surface area contributed by atoms with Crippen molar-refractivity contribution in [3.8, 4) is 5.75 Å². The van der Waals surface area contributed by atoms with Crippen molar-refractivity contribution in [3.05, 3.63) is 29.8 Å². The summed E-state index contributed by atoms with van der Waals surface area (Å²) in [6.45, 7) is 0.152. The SMILES string of the molecule is C[C@H](N)C(=O)N[C@@H](COP(=O)(O)O)C(=O)N[C@@H](CCC(N)=O)C(=O)N[C@@H](CCC(=O)O)C(=O)N[C@@H](Cc1ccc(O)cc1)C(=O)O. The molecule has 0 radical (unpaired) electrons. The van der Waals surface area contributed by atoms with E-state index in [1.807, 2.05) is 0 Å². The van der Waals surface area contributed by atoms with Crippen LogP contribution in [0.4, 0.5) is 0 Å². The number of carbonyl (C=O) groups is 7. The number of rotatable bonds is 20. The number of aromatic hydroxyl groups is 1. The van der Waals surface area contributed by atoms with Gasteiger partial charge in [0.2, 0.25) is 29.5 Å². The van der Waals surface area contributed by atoms with E-state index in [-0.39, 0.29) is 12.2 Å².